The first-order valence-electron chi connectivity index (χ1n) is 18.3. The number of urea groups is 1. The van der Waals surface area contributed by atoms with E-state index in [1.807, 2.05) is 0 Å². The van der Waals surface area contributed by atoms with Gasteiger partial charge in [0.1, 0.15) is 0 Å². The van der Waals surface area contributed by atoms with Gasteiger partial charge in [0.15, 0.2) is 0 Å². The highest BCUT2D eigenvalue weighted by Crippen LogP contribution is 2.30. The van der Waals surface area contributed by atoms with E-state index in [0.29, 0.717) is 4.90 Å². The number of anilines is 1. The summed E-state index contributed by atoms with van der Waals surface area (Å²) in [4.78, 5) is 12.6. The Labute approximate surface area is 203 Å². The highest BCUT2D eigenvalue weighted by atomic mass is 35.5. The lowest BCUT2D eigenvalue weighted by Crippen LogP contribution is -2.47. The van der Waals surface area contributed by atoms with Gasteiger partial charge in [-0.1, -0.05) is 23.7 Å². The normalized spacial score (nSPS) is 54.2. The molecule has 1 aromatic carbocycles. The SMILES string of the molecule is [2H]C([2H])(C[C@]1([2H])C([2H])([2H])C([2H])([2H])[C@@]([2H])(NC(=O)N(C)C)C([2H])([2H])C1([2H])[2H])N1C([2H])([2H])C([2H])([2H])N(c2cccc(C)c2Cl)C([2H])([2H])C1([2H])[2H]. The molecule has 0 aromatic heterocycles. The first kappa shape index (κ1) is 7.35. The lowest BCUT2D eigenvalue weighted by molar-refractivity contribution is 0.194. The van der Waals surface area contributed by atoms with Gasteiger partial charge in [0.25, 0.3) is 0 Å². The van der Waals surface area contributed by atoms with Gasteiger partial charge in [-0.3, -0.25) is 4.90 Å². The molecule has 0 atom stereocenters. The number of nitrogens with one attached hydrogen (secondary N) is 1. The van der Waals surface area contributed by atoms with Crippen LogP contribution in [0.5, 0.6) is 0 Å². The van der Waals surface area contributed by atoms with Gasteiger partial charge in [-0.05, 0) is 62.9 Å². The highest BCUT2D eigenvalue weighted by molar-refractivity contribution is 6.34. The van der Waals surface area contributed by atoms with E-state index < -0.39 is 92.9 Å². The second-order valence-corrected chi connectivity index (χ2v) is 6.42. The second kappa shape index (κ2) is 9.84. The Bertz CT molecular complexity index is 1410. The molecule has 0 unspecified atom stereocenters. The van der Waals surface area contributed by atoms with Gasteiger partial charge in [-0.2, -0.15) is 0 Å². The summed E-state index contributed by atoms with van der Waals surface area (Å²) in [5.74, 6) is -4.05. The van der Waals surface area contributed by atoms with Crippen LogP contribution in [0, 0.1) is 12.8 Å². The number of piperazine rings is 1. The summed E-state index contributed by atoms with van der Waals surface area (Å²) in [5, 5.41) is 1.33. The van der Waals surface area contributed by atoms with Crippen molar-refractivity contribution in [1.82, 2.24) is 15.1 Å². The van der Waals surface area contributed by atoms with Crippen LogP contribution >= 0.6 is 11.6 Å². The zero-order valence-electron chi connectivity index (χ0n) is 35.6. The van der Waals surface area contributed by atoms with Crippen LogP contribution in [0.25, 0.3) is 0 Å². The minimum atomic E-state index is -4.15. The molecule has 0 bridgehead atoms. The van der Waals surface area contributed by atoms with Crippen molar-refractivity contribution in [3.8, 4) is 0 Å². The van der Waals surface area contributed by atoms with Crippen molar-refractivity contribution >= 4 is 23.3 Å². The molecule has 5 nitrogen and oxygen atoms in total. The van der Waals surface area contributed by atoms with Crippen molar-refractivity contribution in [1.29, 1.82) is 0 Å². The Morgan fingerprint density at radius 1 is 1.29 bits per heavy atom. The van der Waals surface area contributed by atoms with E-state index in [9.17, 15) is 4.79 Å². The molecule has 1 heterocycles. The van der Waals surface area contributed by atoms with Crippen LogP contribution in [0.1, 0.15) is 64.9 Å². The highest BCUT2D eigenvalue weighted by Gasteiger charge is 2.24. The fraction of sp³-hybridized carbons (Fsp3) is 0.682. The molecule has 1 saturated heterocycles. The van der Waals surface area contributed by atoms with E-state index in [0.717, 1.165) is 20.2 Å². The Kier molecular flexibility index (Phi) is 2.58. The molecule has 1 N–H and O–H groups in total. The van der Waals surface area contributed by atoms with Crippen LogP contribution < -0.4 is 10.2 Å². The fourth-order valence-electron chi connectivity index (χ4n) is 2.13. The smallest absolute Gasteiger partial charge is 0.317 e. The summed E-state index contributed by atoms with van der Waals surface area (Å²) < 4.78 is 173. The molecule has 3 rings (SSSR count). The van der Waals surface area contributed by atoms with Crippen molar-refractivity contribution in [3.63, 3.8) is 0 Å². The molecule has 1 aliphatic carbocycles. The summed E-state index contributed by atoms with van der Waals surface area (Å²) in [6, 6.07) is -1.37. The number of nitrogens with zero attached hydrogens (tertiary/aromatic N) is 3. The molecule has 1 saturated carbocycles. The summed E-state index contributed by atoms with van der Waals surface area (Å²) in [5.41, 5.74) is -0.266. The van der Waals surface area contributed by atoms with E-state index >= 15 is 0 Å². The van der Waals surface area contributed by atoms with Crippen LogP contribution in [0.2, 0.25) is 5.02 Å². The maximum absolute atomic E-state index is 12.5. The van der Waals surface area contributed by atoms with Crippen LogP contribution in [0.15, 0.2) is 18.2 Å². The Hall–Kier alpha value is -1.46. The predicted molar refractivity (Wildman–Crippen MR) is 117 cm³/mol. The third-order valence-corrected chi connectivity index (χ3v) is 4.18. The maximum atomic E-state index is 12.5. The van der Waals surface area contributed by atoms with Crippen molar-refractivity contribution < 1.29 is 32.2 Å². The number of carbonyl (C=O) groups is 1. The topological polar surface area (TPSA) is 38.8 Å². The number of rotatable bonds is 5. The molecule has 2 fully saturated rings. The van der Waals surface area contributed by atoms with Crippen LogP contribution in [0.3, 0.4) is 0 Å². The summed E-state index contributed by atoms with van der Waals surface area (Å²) in [6.45, 7) is -18.0. The summed E-state index contributed by atoms with van der Waals surface area (Å²) >= 11 is 6.30. The molecule has 0 spiro atoms. The molecule has 2 amide bonds. The number of hydrogen-bond donors (Lipinski definition) is 1. The molecule has 6 heteroatoms. The van der Waals surface area contributed by atoms with E-state index in [1.54, 1.807) is 5.32 Å². The number of hydrogen-bond acceptors (Lipinski definition) is 3. The zero-order valence-corrected chi connectivity index (χ0v) is 16.3. The number of amides is 2. The Morgan fingerprint density at radius 3 is 2.61 bits per heavy atom. The summed E-state index contributed by atoms with van der Waals surface area (Å²) in [7, 11) is 2.20. The number of benzene rings is 1. The third-order valence-electron chi connectivity index (χ3n) is 3.69. The predicted octanol–water partition coefficient (Wildman–Crippen LogP) is 3.99. The Balaban J connectivity index is 2.31. The van der Waals surface area contributed by atoms with Crippen LogP contribution in [-0.4, -0.2) is 68.4 Å². The second-order valence-electron chi connectivity index (χ2n) is 6.04. The zero-order chi connectivity index (χ0) is 38.1. The molecule has 0 radical (unpaired) electrons. The molecule has 1 aromatic rings. The van der Waals surface area contributed by atoms with E-state index in [4.69, 9.17) is 39.0 Å². The summed E-state index contributed by atoms with van der Waals surface area (Å²) in [6.07, 6.45) is -18.6. The largest absolute Gasteiger partial charge is 0.368 e. The van der Waals surface area contributed by atoms with E-state index in [2.05, 4.69) is 0 Å². The molecule has 156 valence electrons. The fourth-order valence-corrected chi connectivity index (χ4v) is 2.34. The maximum Gasteiger partial charge on any atom is 0.317 e. The molecular weight excluding hydrogens is 372 g/mol. The van der Waals surface area contributed by atoms with E-state index in [1.165, 1.54) is 19.1 Å². The minimum absolute atomic E-state index is 0.0384. The number of carbonyl (C=O) groups excluding carboxylic acids is 1. The first-order valence-corrected chi connectivity index (χ1v) is 8.68. The number of halogens is 1. The lowest BCUT2D eigenvalue weighted by atomic mass is 9.84. The third kappa shape index (κ3) is 5.54. The molecule has 2 aliphatic rings. The van der Waals surface area contributed by atoms with Crippen LogP contribution in [-0.2, 0) is 0 Å². The molecule has 1 aliphatic heterocycles. The van der Waals surface area contributed by atoms with Gasteiger partial charge in [0.05, 0.1) is 17.6 Å². The van der Waals surface area contributed by atoms with Gasteiger partial charge >= 0.3 is 6.03 Å². The van der Waals surface area contributed by atoms with Gasteiger partial charge in [0, 0.05) is 66.7 Å². The monoisotopic (exact) mass is 426 g/mol. The average molecular weight is 427 g/mol. The van der Waals surface area contributed by atoms with Gasteiger partial charge < -0.3 is 15.1 Å². The van der Waals surface area contributed by atoms with Gasteiger partial charge in [0.2, 0.25) is 0 Å². The first-order chi connectivity index (χ1) is 20.9. The quantitative estimate of drug-likeness (QED) is 0.773. The standard InChI is InChI=1S/C22H35ClN4O/c1-17-5-4-6-20(21(17)23)27-15-13-26(14-16-27)12-11-18-7-9-19(10-8-18)24-22(28)25(2)3/h4-6,18-19H,7-16H2,1-3H3,(H,24,28)/t18-,19-/i7D2,8D2,9D2,10D2,12D2,13D2,14D2,15D2,16D2,18D,19D. The van der Waals surface area contributed by atoms with Crippen molar-refractivity contribution in [3.05, 3.63) is 28.8 Å². The lowest BCUT2D eigenvalue weighted by Gasteiger charge is -2.37. The van der Waals surface area contributed by atoms with Crippen molar-refractivity contribution in [2.75, 3.05) is 51.5 Å². The Morgan fingerprint density at radius 2 is 1.96 bits per heavy atom. The van der Waals surface area contributed by atoms with Gasteiger partial charge in [-0.15, -0.1) is 0 Å². The number of aryl methyl sites for hydroxylation is 1. The van der Waals surface area contributed by atoms with Crippen molar-refractivity contribution in [2.45, 2.75) is 44.9 Å². The van der Waals surface area contributed by atoms with Crippen LogP contribution in [0.4, 0.5) is 10.5 Å². The van der Waals surface area contributed by atoms with Crippen molar-refractivity contribution in [2.24, 2.45) is 5.89 Å². The van der Waals surface area contributed by atoms with E-state index in [-0.39, 0.29) is 15.5 Å². The average Bonchev–Trinajstić information content (AvgIpc) is 2.87. The van der Waals surface area contributed by atoms with Gasteiger partial charge in [-0.25, -0.2) is 4.79 Å². The molecule has 28 heavy (non-hydrogen) atoms. The molecular formula is C22H35ClN4O. The minimum Gasteiger partial charge on any atom is -0.368 e.